The first-order valence-corrected chi connectivity index (χ1v) is 5.62. The lowest BCUT2D eigenvalue weighted by atomic mass is 10.0. The van der Waals surface area contributed by atoms with Gasteiger partial charge >= 0.3 is 0 Å². The second-order valence-electron chi connectivity index (χ2n) is 5.60. The normalized spacial score (nSPS) is 17.9. The number of hydrogen-bond donors (Lipinski definition) is 1. The van der Waals surface area contributed by atoms with Gasteiger partial charge in [0.15, 0.2) is 0 Å². The molecule has 0 unspecified atom stereocenters. The lowest BCUT2D eigenvalue weighted by Crippen LogP contribution is -2.43. The Morgan fingerprint density at radius 2 is 2.07 bits per heavy atom. The third-order valence-electron chi connectivity index (χ3n) is 2.55. The zero-order chi connectivity index (χ0) is 10.8. The van der Waals surface area contributed by atoms with Gasteiger partial charge in [-0.3, -0.25) is 0 Å². The average molecular weight is 196 g/mol. The zero-order valence-electron chi connectivity index (χ0n) is 10.2. The molecule has 0 spiro atoms. The van der Waals surface area contributed by atoms with Gasteiger partial charge in [0, 0.05) is 18.3 Å². The van der Waals surface area contributed by atoms with E-state index in [4.69, 9.17) is 0 Å². The largest absolute Gasteiger partial charge is 0.310 e. The molecule has 0 radical (unpaired) electrons. The minimum Gasteiger partial charge on any atom is -0.310 e. The van der Waals surface area contributed by atoms with Gasteiger partial charge in [0.05, 0.1) is 0 Å². The predicted molar refractivity (Wildman–Crippen MR) is 61.7 cm³/mol. The van der Waals surface area contributed by atoms with Crippen LogP contribution in [-0.4, -0.2) is 17.1 Å². The van der Waals surface area contributed by atoms with Crippen LogP contribution in [0.15, 0.2) is 11.8 Å². The van der Waals surface area contributed by atoms with Crippen LogP contribution in [0, 0.1) is 5.92 Å². The van der Waals surface area contributed by atoms with Crippen molar-refractivity contribution in [3.8, 4) is 0 Å². The topological polar surface area (TPSA) is 15.3 Å². The van der Waals surface area contributed by atoms with Crippen molar-refractivity contribution in [3.63, 3.8) is 0 Å². The van der Waals surface area contributed by atoms with Crippen molar-refractivity contribution >= 4 is 0 Å². The lowest BCUT2D eigenvalue weighted by Gasteiger charge is -2.31. The summed E-state index contributed by atoms with van der Waals surface area (Å²) in [6.45, 7) is 12.3. The summed E-state index contributed by atoms with van der Waals surface area (Å²) in [6.07, 6.45) is 4.81. The fourth-order valence-electron chi connectivity index (χ4n) is 1.52. The van der Waals surface area contributed by atoms with E-state index in [9.17, 15) is 0 Å². The number of nitrogens with zero attached hydrogens (tertiary/aromatic N) is 1. The van der Waals surface area contributed by atoms with Crippen molar-refractivity contribution in [1.29, 1.82) is 0 Å². The highest BCUT2D eigenvalue weighted by molar-refractivity contribution is 5.09. The molecule has 0 bridgehead atoms. The first-order chi connectivity index (χ1) is 6.39. The Bertz CT molecular complexity index is 211. The van der Waals surface area contributed by atoms with E-state index in [1.807, 2.05) is 0 Å². The molecule has 1 N–H and O–H groups in total. The molecule has 1 rings (SSSR count). The fourth-order valence-corrected chi connectivity index (χ4v) is 1.52. The Balaban J connectivity index is 2.43. The Morgan fingerprint density at radius 1 is 1.43 bits per heavy atom. The van der Waals surface area contributed by atoms with Gasteiger partial charge in [0.1, 0.15) is 0 Å². The summed E-state index contributed by atoms with van der Waals surface area (Å²) in [5.74, 6) is 0.805. The smallest absolute Gasteiger partial charge is 0.0472 e. The van der Waals surface area contributed by atoms with Crippen molar-refractivity contribution in [2.24, 2.45) is 5.92 Å². The van der Waals surface area contributed by atoms with Gasteiger partial charge in [-0.05, 0) is 45.1 Å². The Labute approximate surface area is 88.3 Å². The van der Waals surface area contributed by atoms with Crippen molar-refractivity contribution < 1.29 is 0 Å². The first kappa shape index (κ1) is 11.6. The molecule has 14 heavy (non-hydrogen) atoms. The van der Waals surface area contributed by atoms with E-state index >= 15 is 0 Å². The Morgan fingerprint density at radius 3 is 2.50 bits per heavy atom. The van der Waals surface area contributed by atoms with Crippen molar-refractivity contribution in [2.75, 3.05) is 6.54 Å². The molecule has 0 aromatic heterocycles. The molecule has 0 aromatic rings. The Kier molecular flexibility index (Phi) is 3.59. The van der Waals surface area contributed by atoms with Gasteiger partial charge in [-0.1, -0.05) is 13.8 Å². The van der Waals surface area contributed by atoms with Gasteiger partial charge < -0.3 is 5.01 Å². The maximum Gasteiger partial charge on any atom is 0.0472 e. The minimum absolute atomic E-state index is 0.194. The highest BCUT2D eigenvalue weighted by Crippen LogP contribution is 2.20. The third-order valence-corrected chi connectivity index (χ3v) is 2.55. The van der Waals surface area contributed by atoms with Gasteiger partial charge in [0.25, 0.3) is 0 Å². The lowest BCUT2D eigenvalue weighted by molar-refractivity contribution is 0.158. The second-order valence-corrected chi connectivity index (χ2v) is 5.60. The summed E-state index contributed by atoms with van der Waals surface area (Å²) in [7, 11) is 0. The molecule has 0 saturated carbocycles. The third kappa shape index (κ3) is 3.33. The number of rotatable bonds is 3. The Hall–Kier alpha value is -0.500. The van der Waals surface area contributed by atoms with Crippen LogP contribution in [-0.2, 0) is 0 Å². The van der Waals surface area contributed by atoms with Crippen LogP contribution < -0.4 is 5.43 Å². The van der Waals surface area contributed by atoms with Crippen LogP contribution in [0.5, 0.6) is 0 Å². The summed E-state index contributed by atoms with van der Waals surface area (Å²) in [5.41, 5.74) is 5.14. The van der Waals surface area contributed by atoms with Gasteiger partial charge in [0.2, 0.25) is 0 Å². The van der Waals surface area contributed by atoms with Crippen molar-refractivity contribution in [3.05, 3.63) is 11.8 Å². The van der Waals surface area contributed by atoms with Gasteiger partial charge in [-0.25, -0.2) is 5.43 Å². The summed E-state index contributed by atoms with van der Waals surface area (Å²) in [4.78, 5) is 0. The number of hydrogen-bond acceptors (Lipinski definition) is 2. The molecular weight excluding hydrogens is 172 g/mol. The van der Waals surface area contributed by atoms with Crippen LogP contribution in [0.25, 0.3) is 0 Å². The van der Waals surface area contributed by atoms with E-state index in [-0.39, 0.29) is 5.54 Å². The summed E-state index contributed by atoms with van der Waals surface area (Å²) in [5, 5.41) is 2.22. The number of hydrazine groups is 1. The predicted octanol–water partition coefficient (Wildman–Crippen LogP) is 2.93. The maximum atomic E-state index is 3.41. The van der Waals surface area contributed by atoms with Crippen LogP contribution in [0.2, 0.25) is 0 Å². The molecule has 2 heteroatoms. The summed E-state index contributed by atoms with van der Waals surface area (Å²) < 4.78 is 0. The van der Waals surface area contributed by atoms with E-state index < -0.39 is 0 Å². The SMILES string of the molecule is CC(C)CCC1=CN(C(C)(C)C)NC1. The minimum atomic E-state index is 0.194. The van der Waals surface area contributed by atoms with E-state index in [2.05, 4.69) is 51.3 Å². The van der Waals surface area contributed by atoms with Gasteiger partial charge in [-0.2, -0.15) is 0 Å². The summed E-state index contributed by atoms with van der Waals surface area (Å²) >= 11 is 0. The van der Waals surface area contributed by atoms with Crippen molar-refractivity contribution in [1.82, 2.24) is 10.4 Å². The van der Waals surface area contributed by atoms with E-state index in [0.717, 1.165) is 12.5 Å². The highest BCUT2D eigenvalue weighted by atomic mass is 15.5. The van der Waals surface area contributed by atoms with Crippen LogP contribution in [0.4, 0.5) is 0 Å². The number of nitrogens with one attached hydrogen (secondary N) is 1. The molecule has 1 aliphatic rings. The molecule has 0 aliphatic carbocycles. The first-order valence-electron chi connectivity index (χ1n) is 5.62. The zero-order valence-corrected chi connectivity index (χ0v) is 10.2. The van der Waals surface area contributed by atoms with Crippen LogP contribution in [0.1, 0.15) is 47.5 Å². The van der Waals surface area contributed by atoms with Crippen molar-refractivity contribution in [2.45, 2.75) is 53.0 Å². The molecule has 0 amide bonds. The molecule has 0 atom stereocenters. The maximum absolute atomic E-state index is 3.41. The van der Waals surface area contributed by atoms with E-state index in [1.54, 1.807) is 0 Å². The molecular formula is C12H24N2. The molecule has 82 valence electrons. The molecule has 0 saturated heterocycles. The molecule has 1 heterocycles. The molecule has 2 nitrogen and oxygen atoms in total. The molecule has 0 fully saturated rings. The van der Waals surface area contributed by atoms with E-state index in [1.165, 1.54) is 18.4 Å². The fraction of sp³-hybridized carbons (Fsp3) is 0.833. The van der Waals surface area contributed by atoms with Crippen LogP contribution in [0.3, 0.4) is 0 Å². The molecule has 0 aromatic carbocycles. The monoisotopic (exact) mass is 196 g/mol. The average Bonchev–Trinajstić information content (AvgIpc) is 2.47. The quantitative estimate of drug-likeness (QED) is 0.746. The summed E-state index contributed by atoms with van der Waals surface area (Å²) in [6, 6.07) is 0. The van der Waals surface area contributed by atoms with E-state index in [0.29, 0.717) is 0 Å². The highest BCUT2D eigenvalue weighted by Gasteiger charge is 2.22. The van der Waals surface area contributed by atoms with Crippen LogP contribution >= 0.6 is 0 Å². The second kappa shape index (κ2) is 4.35. The standard InChI is InChI=1S/C12H24N2/c1-10(2)6-7-11-8-13-14(9-11)12(3,4)5/h9-10,13H,6-8H2,1-5H3. The van der Waals surface area contributed by atoms with Gasteiger partial charge in [-0.15, -0.1) is 0 Å². The molecule has 1 aliphatic heterocycles.